The van der Waals surface area contributed by atoms with Crippen LogP contribution in [-0.4, -0.2) is 9.97 Å². The number of hydrogen-bond acceptors (Lipinski definition) is 10. The van der Waals surface area contributed by atoms with Crippen LogP contribution >= 0.6 is 0 Å². The normalized spacial score (nSPS) is 13.1. The number of nitrogens with zero attached hydrogens (tertiary/aromatic N) is 16. The Balaban J connectivity index is 0.000000162. The van der Waals surface area contributed by atoms with Gasteiger partial charge in [0.2, 0.25) is 23.8 Å². The summed E-state index contributed by atoms with van der Waals surface area (Å²) in [5, 5.41) is 72.0. The Bertz CT molecular complexity index is 7390. The first-order chi connectivity index (χ1) is 60.2. The second-order valence-electron chi connectivity index (χ2n) is 27.0. The minimum Gasteiger partial charge on any atom is -0.207 e. The van der Waals surface area contributed by atoms with Crippen LogP contribution in [0.3, 0.4) is 0 Å². The molecule has 0 aliphatic heterocycles. The maximum atomic E-state index is 16.3. The summed E-state index contributed by atoms with van der Waals surface area (Å²) in [6.45, 7) is 43.7. The van der Waals surface area contributed by atoms with Crippen molar-refractivity contribution >= 4 is 35.0 Å². The Labute approximate surface area is 692 Å². The standard InChI is InChI=1S/C32H8F6N6.C30H8F8N4.C28H8F6N6/c1-43-32(44-2)19-8-18-27(14-5-24(35)21(12-42)25(36)6-14)28-17(7-16(30(28)37)15(9-39)10-40)26(29(18)31(19)38)13-3-22(33)20(11-41)23(34)4-13;1-41-30(42-2)17-8-16-23(12-5-20(33)29(38)21(34)6-12)24-15(7-14(26(24)35)13(9-39)10-40)22(25(16)27(17)36)11-3-18(31)28(37)19(32)4-11;1-37-28(38-2)17-8-16-23(12-5-20(31)40-21(32)6-12)24-15(7-14(26(24)33)13(9-35)10-36)22(25(16)27(17)34)11-3-18(29)39-19(30)4-11/h3-6H,7-8H2;3-6H,7-8H2;3-6H,7-8H2. The third-order valence-corrected chi connectivity index (χ3v) is 20.7. The van der Waals surface area contributed by atoms with Gasteiger partial charge in [0, 0.05) is 111 Å². The molecule has 15 rings (SSSR count). The van der Waals surface area contributed by atoms with Crippen molar-refractivity contribution in [1.29, 1.82) is 42.1 Å². The van der Waals surface area contributed by atoms with Gasteiger partial charge < -0.3 is 0 Å². The molecule has 126 heavy (non-hydrogen) atoms. The molecule has 7 aromatic carbocycles. The number of halogens is 20. The van der Waals surface area contributed by atoms with Gasteiger partial charge in [0.1, 0.15) is 174 Å². The van der Waals surface area contributed by atoms with Crippen LogP contribution in [0.1, 0.15) is 44.5 Å². The summed E-state index contributed by atoms with van der Waals surface area (Å²) in [6.07, 6.45) is -3.57. The Kier molecular flexibility index (Phi) is 22.7. The van der Waals surface area contributed by atoms with E-state index >= 15 is 26.3 Å². The second-order valence-corrected chi connectivity index (χ2v) is 27.0. The van der Waals surface area contributed by atoms with Crippen LogP contribution in [0.4, 0.5) is 87.8 Å². The van der Waals surface area contributed by atoms with Gasteiger partial charge >= 0.3 is 17.5 Å². The summed E-state index contributed by atoms with van der Waals surface area (Å²) < 4.78 is 299. The van der Waals surface area contributed by atoms with Crippen LogP contribution in [0.2, 0.25) is 0 Å². The summed E-state index contributed by atoms with van der Waals surface area (Å²) >= 11 is 0. The lowest BCUT2D eigenvalue weighted by molar-refractivity contribution is 0.447. The Morgan fingerprint density at radius 2 is 0.413 bits per heavy atom. The van der Waals surface area contributed by atoms with Gasteiger partial charge in [-0.3, -0.25) is 0 Å². The average molecular weight is 1710 g/mol. The van der Waals surface area contributed by atoms with E-state index in [1.54, 1.807) is 12.1 Å². The molecule has 9 aromatic rings. The molecule has 0 radical (unpaired) electrons. The first-order valence-electron chi connectivity index (χ1n) is 34.8. The highest BCUT2D eigenvalue weighted by atomic mass is 19.2. The van der Waals surface area contributed by atoms with Gasteiger partial charge in [0.15, 0.2) is 34.9 Å². The largest absolute Gasteiger partial charge is 0.525 e. The smallest absolute Gasteiger partial charge is 0.207 e. The zero-order valence-electron chi connectivity index (χ0n) is 61.9. The molecule has 0 saturated carbocycles. The van der Waals surface area contributed by atoms with E-state index in [-0.39, 0.29) is 72.0 Å². The van der Waals surface area contributed by atoms with Crippen molar-refractivity contribution in [2.75, 3.05) is 0 Å². The third kappa shape index (κ3) is 13.9. The minimum absolute atomic E-state index is 0.138. The van der Waals surface area contributed by atoms with Gasteiger partial charge in [-0.2, -0.15) is 98.7 Å². The van der Waals surface area contributed by atoms with Crippen molar-refractivity contribution in [2.45, 2.75) is 38.5 Å². The number of nitriles is 8. The zero-order valence-corrected chi connectivity index (χ0v) is 61.9. The lowest BCUT2D eigenvalue weighted by Gasteiger charge is -2.16. The quantitative estimate of drug-likeness (QED) is 0.0501. The van der Waals surface area contributed by atoms with Gasteiger partial charge in [-0.1, -0.05) is 0 Å². The van der Waals surface area contributed by atoms with Crippen LogP contribution in [0.25, 0.3) is 131 Å². The molecule has 2 heterocycles. The molecular weight excluding hydrogens is 1690 g/mol. The van der Waals surface area contributed by atoms with Gasteiger partial charge in [0.25, 0.3) is 0 Å². The molecule has 0 spiro atoms. The minimum atomic E-state index is -1.87. The molecule has 16 nitrogen and oxygen atoms in total. The molecular formula is C90H24F20N16. The number of rotatable bonds is 6. The topological polar surface area (TPSA) is 242 Å². The highest BCUT2D eigenvalue weighted by Crippen LogP contribution is 2.46. The fraction of sp³-hybridized carbons (Fsp3) is 0.0667. The van der Waals surface area contributed by atoms with E-state index in [9.17, 15) is 93.0 Å². The van der Waals surface area contributed by atoms with E-state index < -0.39 is 294 Å². The summed E-state index contributed by atoms with van der Waals surface area (Å²) in [6, 6.07) is 19.6. The monoisotopic (exact) mass is 1710 g/mol. The maximum absolute atomic E-state index is 16.3. The average Bonchev–Trinajstić information content (AvgIpc) is 1.55. The van der Waals surface area contributed by atoms with Crippen molar-refractivity contribution in [3.05, 3.63) is 367 Å². The molecule has 6 aliphatic carbocycles. The molecule has 2 aromatic heterocycles. The third-order valence-electron chi connectivity index (χ3n) is 20.7. The molecule has 0 fully saturated rings. The Hall–Kier alpha value is -18.0. The molecule has 0 amide bonds. The molecule has 0 bridgehead atoms. The number of hydrogen-bond donors (Lipinski definition) is 0. The van der Waals surface area contributed by atoms with Gasteiger partial charge in [-0.25, -0.2) is 70.2 Å². The van der Waals surface area contributed by atoms with Crippen molar-refractivity contribution in [3.63, 3.8) is 0 Å². The Morgan fingerprint density at radius 1 is 0.246 bits per heavy atom. The van der Waals surface area contributed by atoms with Crippen molar-refractivity contribution < 1.29 is 87.8 Å². The first kappa shape index (κ1) is 85.8. The number of benzene rings is 7. The van der Waals surface area contributed by atoms with Crippen molar-refractivity contribution in [2.24, 2.45) is 0 Å². The molecule has 604 valence electrons. The molecule has 0 atom stereocenters. The van der Waals surface area contributed by atoms with Gasteiger partial charge in [0.05, 0.1) is 16.7 Å². The van der Waals surface area contributed by atoms with Crippen LogP contribution in [0.5, 0.6) is 0 Å². The first-order valence-corrected chi connectivity index (χ1v) is 34.8. The highest BCUT2D eigenvalue weighted by Gasteiger charge is 2.42. The fourth-order valence-corrected chi connectivity index (χ4v) is 15.8. The Morgan fingerprint density at radius 3 is 0.587 bits per heavy atom. The van der Waals surface area contributed by atoms with Gasteiger partial charge in [-0.05, 0) is 149 Å². The molecule has 0 saturated heterocycles. The number of pyridine rings is 2. The summed E-state index contributed by atoms with van der Waals surface area (Å²) in [5.41, 5.74) is -12.8. The molecule has 6 aliphatic rings. The van der Waals surface area contributed by atoms with Crippen LogP contribution in [0.15, 0.2) is 140 Å². The SMILES string of the molecule is [C-]#[N+]C([N+]#[C-])=C1Cc2c(-c3cc(F)c(C#N)c(F)c3)c3c(c(-c4cc(F)c(C#N)c(F)c4)c2=C1F)CC(=C(C#N)C#N)C=3F.[C-]#[N+]C([N+]#[C-])=C1Cc2c(-c3cc(F)c(F)c(F)c3)c3c(c(-c4cc(F)c(F)c(F)c4)c2=C1F)CC(=C(C#N)C#N)C=3F.[C-]#[N+]C([N+]#[C-])=C1Cc2c(-c3cc(F)nc(F)c3)c3c(c(-c4cc(F)nc(F)c4)c2=C1F)CC(=C(C#N)C#N)C=3F. The van der Waals surface area contributed by atoms with E-state index in [4.69, 9.17) is 50.0 Å². The van der Waals surface area contributed by atoms with Crippen LogP contribution in [-0.2, 0) is 38.5 Å². The lowest BCUT2D eigenvalue weighted by atomic mass is 9.86. The summed E-state index contributed by atoms with van der Waals surface area (Å²) in [5.74, 6) is -30.6. The van der Waals surface area contributed by atoms with E-state index in [1.807, 2.05) is 0 Å². The van der Waals surface area contributed by atoms with E-state index in [2.05, 4.69) is 39.0 Å². The zero-order chi connectivity index (χ0) is 91.5. The molecule has 36 heteroatoms. The number of allylic oxidation sites excluding steroid dienone is 9. The van der Waals surface area contributed by atoms with E-state index in [0.29, 0.717) is 48.5 Å². The summed E-state index contributed by atoms with van der Waals surface area (Å²) in [4.78, 5) is 24.1. The predicted octanol–water partition coefficient (Wildman–Crippen LogP) is 17.5. The van der Waals surface area contributed by atoms with E-state index in [1.165, 1.54) is 36.4 Å². The van der Waals surface area contributed by atoms with E-state index in [0.717, 1.165) is 24.3 Å². The van der Waals surface area contributed by atoms with Crippen molar-refractivity contribution in [1.82, 2.24) is 9.97 Å². The molecule has 0 N–H and O–H groups in total. The van der Waals surface area contributed by atoms with Crippen LogP contribution < -0.4 is 31.3 Å². The van der Waals surface area contributed by atoms with Crippen LogP contribution in [0, 0.1) is 212 Å². The lowest BCUT2D eigenvalue weighted by Crippen LogP contribution is -2.24. The second kappa shape index (κ2) is 33.3. The van der Waals surface area contributed by atoms with Crippen molar-refractivity contribution in [3.8, 4) is 115 Å². The summed E-state index contributed by atoms with van der Waals surface area (Å²) in [7, 11) is 0. The predicted molar refractivity (Wildman–Crippen MR) is 399 cm³/mol. The highest BCUT2D eigenvalue weighted by molar-refractivity contribution is 5.95. The maximum Gasteiger partial charge on any atom is 0.525 e. The molecule has 0 unspecified atom stereocenters. The fourth-order valence-electron chi connectivity index (χ4n) is 15.8. The number of fused-ring (bicyclic) bond motifs is 6. The van der Waals surface area contributed by atoms with Gasteiger partial charge in [-0.15, -0.1) is 0 Å². The number of aromatic nitrogens is 2.